The summed E-state index contributed by atoms with van der Waals surface area (Å²) in [5.41, 5.74) is 24.9. The molecule has 2 aliphatic rings. The van der Waals surface area contributed by atoms with Crippen molar-refractivity contribution < 1.29 is 62.6 Å². The predicted octanol–water partition coefficient (Wildman–Crippen LogP) is -2.27. The van der Waals surface area contributed by atoms with Crippen molar-refractivity contribution in [2.24, 2.45) is 39.8 Å². The number of carboxylic acids is 1. The fraction of sp³-hybridized carbons (Fsp3) is 0.508. The van der Waals surface area contributed by atoms with E-state index in [-0.39, 0.29) is 94.5 Å². The van der Waals surface area contributed by atoms with Crippen molar-refractivity contribution in [2.45, 2.75) is 146 Å². The summed E-state index contributed by atoms with van der Waals surface area (Å²) in [5.74, 6) is -12.0. The minimum atomic E-state index is -1.64. The van der Waals surface area contributed by atoms with E-state index in [1.165, 1.54) is 17.4 Å². The number of likely N-dealkylation sites (tertiary alicyclic amines) is 1. The Hall–Kier alpha value is -9.24. The van der Waals surface area contributed by atoms with Crippen LogP contribution in [0.2, 0.25) is 0 Å². The van der Waals surface area contributed by atoms with E-state index in [2.05, 4.69) is 67.8 Å². The number of fused-ring (bicyclic) bond motifs is 1. The number of amides is 11. The minimum Gasteiger partial charge on any atom is -0.481 e. The number of hydrogen-bond donors (Lipinski definition) is 16. The molecule has 33 heteroatoms. The number of guanidine groups is 1. The van der Waals surface area contributed by atoms with Gasteiger partial charge in [0.2, 0.25) is 65.0 Å². The largest absolute Gasteiger partial charge is 0.481 e. The highest BCUT2D eigenvalue weighted by Gasteiger charge is 2.39. The second-order valence-corrected chi connectivity index (χ2v) is 25.9. The van der Waals surface area contributed by atoms with Crippen molar-refractivity contribution in [1.82, 2.24) is 67.7 Å². The molecule has 20 N–H and O–H groups in total. The molecule has 6 rings (SSSR count). The molecule has 2 saturated heterocycles. The molecule has 0 bridgehead atoms. The molecule has 510 valence electrons. The average Bonchev–Trinajstić information content (AvgIpc) is 1.69. The van der Waals surface area contributed by atoms with Crippen molar-refractivity contribution >= 4 is 109 Å². The fourth-order valence-corrected chi connectivity index (χ4v) is 13.0. The van der Waals surface area contributed by atoms with Crippen LogP contribution in [0.25, 0.3) is 10.9 Å². The van der Waals surface area contributed by atoms with Crippen molar-refractivity contribution in [3.05, 3.63) is 90.1 Å². The van der Waals surface area contributed by atoms with E-state index in [1.54, 1.807) is 74.6 Å². The molecular formula is C61H86N18O13S2. The van der Waals surface area contributed by atoms with Crippen LogP contribution in [0.4, 0.5) is 0 Å². The van der Waals surface area contributed by atoms with Gasteiger partial charge in [-0.3, -0.25) is 62.5 Å². The summed E-state index contributed by atoms with van der Waals surface area (Å²) in [7, 11) is 1.92. The average molecular weight is 1340 g/mol. The molecule has 2 aromatic carbocycles. The van der Waals surface area contributed by atoms with Gasteiger partial charge in [-0.25, -0.2) is 4.98 Å². The summed E-state index contributed by atoms with van der Waals surface area (Å²) >= 11 is 0. The standard InChI is InChI=1S/C61H86N18O13S2/c1-33(2)50(51(63)83)78-52(84)36-20-23-79(29-36)60(92)43(16-9-10-21-62)73-59(91)48-31-94-93-30-47(70-34(3)80)58(90)72-42(18-19-49(81)82)54(86)76-46(26-38-28-66-32-69-38)57(89)74-44(24-35-12-5-4-6-13-35)55(87)71-41(17-11-22-67-61(64)65)53(85)75-45(56(88)77-48)25-37-27-68-40-15-8-7-14-39(37)40/h4-8,12-15,27-28,32-33,36,41-48,50,68H,9-11,16-26,29-31,62H2,1-3H3,(H2,63,83)(H,66,69)(H,70,80)(H,71,87)(H,72,90)(H,73,91)(H,74,89)(H,75,85)(H,76,86)(H,77,88)(H,78,84)(H,81,82)(H4,64,65,67)/t36-,41-,42-,43-,44+,45-,46-,47-,48-,50-/m0/s1. The minimum absolute atomic E-state index is 0.00852. The van der Waals surface area contributed by atoms with Crippen LogP contribution in [0.15, 0.2) is 78.3 Å². The molecule has 4 heterocycles. The van der Waals surface area contributed by atoms with Crippen LogP contribution < -0.4 is 70.8 Å². The molecule has 2 aromatic heterocycles. The van der Waals surface area contributed by atoms with Crippen molar-refractivity contribution in [2.75, 3.05) is 37.7 Å². The summed E-state index contributed by atoms with van der Waals surface area (Å²) in [4.78, 5) is 184. The number of carbonyl (C=O) groups is 12. The highest BCUT2D eigenvalue weighted by atomic mass is 33.1. The number of hydrogen-bond acceptors (Lipinski definition) is 17. The molecule has 0 unspecified atom stereocenters. The van der Waals surface area contributed by atoms with Gasteiger partial charge in [0.15, 0.2) is 5.96 Å². The smallest absolute Gasteiger partial charge is 0.303 e. The van der Waals surface area contributed by atoms with Gasteiger partial charge >= 0.3 is 5.97 Å². The summed E-state index contributed by atoms with van der Waals surface area (Å²) < 4.78 is 0. The third-order valence-electron chi connectivity index (χ3n) is 15.7. The van der Waals surface area contributed by atoms with Crippen LogP contribution in [0, 0.1) is 11.8 Å². The Morgan fingerprint density at radius 3 is 1.97 bits per heavy atom. The Morgan fingerprint density at radius 2 is 1.33 bits per heavy atom. The Morgan fingerprint density at radius 1 is 0.713 bits per heavy atom. The lowest BCUT2D eigenvalue weighted by Crippen LogP contribution is -2.61. The quantitative estimate of drug-likeness (QED) is 0.0144. The molecule has 0 radical (unpaired) electrons. The van der Waals surface area contributed by atoms with E-state index >= 15 is 14.4 Å². The number of nitrogens with two attached hydrogens (primary N) is 4. The van der Waals surface area contributed by atoms with E-state index in [0.717, 1.165) is 28.5 Å². The van der Waals surface area contributed by atoms with E-state index in [4.69, 9.17) is 22.9 Å². The van der Waals surface area contributed by atoms with Gasteiger partial charge in [0.05, 0.1) is 12.2 Å². The van der Waals surface area contributed by atoms with Gasteiger partial charge in [-0.2, -0.15) is 0 Å². The first-order valence-electron chi connectivity index (χ1n) is 31.0. The Labute approximate surface area is 550 Å². The number of imidazole rings is 1. The van der Waals surface area contributed by atoms with Gasteiger partial charge in [0, 0.05) is 92.7 Å². The van der Waals surface area contributed by atoms with Gasteiger partial charge < -0.3 is 90.8 Å². The van der Waals surface area contributed by atoms with Crippen molar-refractivity contribution in [1.29, 1.82) is 0 Å². The normalized spacial score (nSPS) is 22.0. The number of aliphatic imine (C=N–C) groups is 1. The monoisotopic (exact) mass is 1340 g/mol. The lowest BCUT2D eigenvalue weighted by Gasteiger charge is -2.28. The maximum absolute atomic E-state index is 15.3. The zero-order valence-electron chi connectivity index (χ0n) is 52.6. The number of carboxylic acid groups (broad SMARTS) is 1. The van der Waals surface area contributed by atoms with Crippen LogP contribution >= 0.6 is 21.6 Å². The third kappa shape index (κ3) is 23.1. The van der Waals surface area contributed by atoms with Crippen LogP contribution in [0.3, 0.4) is 0 Å². The van der Waals surface area contributed by atoms with E-state index in [0.29, 0.717) is 40.6 Å². The molecule has 2 aliphatic heterocycles. The van der Waals surface area contributed by atoms with Crippen LogP contribution in [0.1, 0.15) is 89.0 Å². The predicted molar refractivity (Wildman–Crippen MR) is 351 cm³/mol. The van der Waals surface area contributed by atoms with E-state index in [9.17, 15) is 48.3 Å². The molecule has 11 amide bonds. The lowest BCUT2D eigenvalue weighted by atomic mass is 10.0. The molecular weight excluding hydrogens is 1260 g/mol. The number of aromatic nitrogens is 3. The van der Waals surface area contributed by atoms with Gasteiger partial charge in [-0.15, -0.1) is 0 Å². The SMILES string of the molecule is CC(=O)N[C@H]1CSSC[C@@H](C(=O)N[C@@H](CCCCN)C(=O)N2CC[C@H](C(=O)N[C@H](C(N)=O)C(C)C)C2)NC(=O)[C@H](Cc2c[nH]c3ccccc23)NC(=O)[C@H](CCCN=C(N)N)NC(=O)[C@@H](Cc2ccccc2)NC(=O)[C@H](Cc2cnc[nH]2)NC(=O)[C@H](CCC(=O)O)NC1=O. The van der Waals surface area contributed by atoms with E-state index < -0.39 is 144 Å². The molecule has 0 saturated carbocycles. The summed E-state index contributed by atoms with van der Waals surface area (Å²) in [6.07, 6.45) is 3.64. The second-order valence-electron chi connectivity index (χ2n) is 23.4. The molecule has 94 heavy (non-hydrogen) atoms. The second kappa shape index (κ2) is 36.9. The Bertz CT molecular complexity index is 3310. The van der Waals surface area contributed by atoms with Crippen molar-refractivity contribution in [3.8, 4) is 0 Å². The molecule has 10 atom stereocenters. The molecule has 0 aliphatic carbocycles. The molecule has 0 spiro atoms. The first-order chi connectivity index (χ1) is 44.9. The first-order valence-corrected chi connectivity index (χ1v) is 33.5. The number of nitrogens with one attached hydrogen (secondary N) is 11. The Balaban J connectivity index is 1.43. The zero-order valence-corrected chi connectivity index (χ0v) is 54.2. The number of nitrogens with zero attached hydrogens (tertiary/aromatic N) is 3. The number of benzene rings is 2. The molecule has 2 fully saturated rings. The highest BCUT2D eigenvalue weighted by molar-refractivity contribution is 8.76. The topological polar surface area (TPSA) is 497 Å². The van der Waals surface area contributed by atoms with Crippen LogP contribution in [-0.4, -0.2) is 194 Å². The fourth-order valence-electron chi connectivity index (χ4n) is 10.7. The summed E-state index contributed by atoms with van der Waals surface area (Å²) in [6.45, 7) is 4.89. The number of aromatic amines is 2. The van der Waals surface area contributed by atoms with Gasteiger partial charge in [-0.05, 0) is 74.6 Å². The van der Waals surface area contributed by atoms with Crippen LogP contribution in [-0.2, 0) is 76.8 Å². The number of unbranched alkanes of at least 4 members (excludes halogenated alkanes) is 1. The third-order valence-corrected chi connectivity index (χ3v) is 18.1. The maximum Gasteiger partial charge on any atom is 0.303 e. The Kier molecular flexibility index (Phi) is 28.9. The highest BCUT2D eigenvalue weighted by Crippen LogP contribution is 2.26. The first kappa shape index (κ1) is 73.8. The molecule has 31 nitrogen and oxygen atoms in total. The zero-order chi connectivity index (χ0) is 68.4. The van der Waals surface area contributed by atoms with Crippen molar-refractivity contribution in [3.63, 3.8) is 0 Å². The maximum atomic E-state index is 15.3. The number of rotatable bonds is 25. The van der Waals surface area contributed by atoms with Gasteiger partial charge in [-0.1, -0.05) is 84.0 Å². The molecule has 4 aromatic rings. The number of aliphatic carboxylic acids is 1. The number of carbonyl (C=O) groups excluding carboxylic acids is 11. The van der Waals surface area contributed by atoms with E-state index in [1.807, 2.05) is 0 Å². The summed E-state index contributed by atoms with van der Waals surface area (Å²) in [6, 6.07) is 2.88. The number of para-hydroxylation sites is 1. The van der Waals surface area contributed by atoms with Gasteiger partial charge in [0.25, 0.3) is 0 Å². The number of H-pyrrole nitrogens is 2. The summed E-state index contributed by atoms with van der Waals surface area (Å²) in [5, 5.41) is 34.8. The van der Waals surface area contributed by atoms with Gasteiger partial charge in [0.1, 0.15) is 54.4 Å². The lowest BCUT2D eigenvalue weighted by molar-refractivity contribution is -0.138. The van der Waals surface area contributed by atoms with Crippen LogP contribution in [0.5, 0.6) is 0 Å². The number of primary amides is 1.